The fraction of sp³-hybridized carbons (Fsp3) is 0.812. The Balaban J connectivity index is 1.65. The van der Waals surface area contributed by atoms with Crippen molar-refractivity contribution in [2.24, 2.45) is 45.3 Å². The van der Waals surface area contributed by atoms with Crippen molar-refractivity contribution in [3.63, 3.8) is 0 Å². The van der Waals surface area contributed by atoms with Gasteiger partial charge in [0.1, 0.15) is 6.10 Å². The molecule has 202 valence electrons. The number of aliphatic carboxylic acids is 1. The molecule has 0 radical (unpaired) electrons. The minimum atomic E-state index is -0.607. The van der Waals surface area contributed by atoms with Gasteiger partial charge in [-0.3, -0.25) is 9.59 Å². The van der Waals surface area contributed by atoms with E-state index in [1.165, 1.54) is 12.5 Å². The molecule has 0 saturated heterocycles. The first kappa shape index (κ1) is 27.5. The number of ether oxygens (including phenoxy) is 1. The third-order valence-electron chi connectivity index (χ3n) is 12.0. The molecule has 0 amide bonds. The van der Waals surface area contributed by atoms with Gasteiger partial charge in [0.25, 0.3) is 0 Å². The standard InChI is InChI=1S/C32H50O4/c1-20(2)10-9-11-22(28(34)35)23-14-18-32(8)25-12-13-26-29(4,5)27(36-21(3)33)16-17-30(26,6)24(25)15-19-31(23,32)7/h10,12,22-24,26-27H,9,11,13-19H2,1-8H3,(H,34,35)/t22-,23-,24+,26?,27-,30-,31+,32-/m1/s1. The number of carboxylic acid groups (broad SMARTS) is 1. The van der Waals surface area contributed by atoms with Crippen molar-refractivity contribution in [2.75, 3.05) is 0 Å². The highest BCUT2D eigenvalue weighted by atomic mass is 16.5. The van der Waals surface area contributed by atoms with E-state index in [2.05, 4.69) is 60.6 Å². The molecule has 8 atom stereocenters. The van der Waals surface area contributed by atoms with Crippen LogP contribution in [0.1, 0.15) is 113 Å². The van der Waals surface area contributed by atoms with Crippen LogP contribution in [0.25, 0.3) is 0 Å². The van der Waals surface area contributed by atoms with Crippen LogP contribution in [0.15, 0.2) is 23.3 Å². The maximum atomic E-state index is 12.5. The van der Waals surface area contributed by atoms with Crippen LogP contribution in [0.2, 0.25) is 0 Å². The molecule has 1 unspecified atom stereocenters. The number of carbonyl (C=O) groups is 2. The minimum Gasteiger partial charge on any atom is -0.481 e. The molecule has 1 N–H and O–H groups in total. The van der Waals surface area contributed by atoms with Crippen LogP contribution in [0.4, 0.5) is 0 Å². The maximum Gasteiger partial charge on any atom is 0.306 e. The van der Waals surface area contributed by atoms with Crippen LogP contribution in [0, 0.1) is 45.3 Å². The average molecular weight is 499 g/mol. The highest BCUT2D eigenvalue weighted by Crippen LogP contribution is 2.73. The molecular formula is C32H50O4. The maximum absolute atomic E-state index is 12.5. The Labute approximate surface area is 219 Å². The number of esters is 1. The number of fused-ring (bicyclic) bond motifs is 5. The molecule has 0 aliphatic heterocycles. The highest BCUT2D eigenvalue weighted by molar-refractivity contribution is 5.70. The molecule has 0 heterocycles. The fourth-order valence-corrected chi connectivity index (χ4v) is 9.83. The van der Waals surface area contributed by atoms with E-state index in [1.807, 2.05) is 0 Å². The lowest BCUT2D eigenvalue weighted by Gasteiger charge is -2.64. The topological polar surface area (TPSA) is 63.6 Å². The van der Waals surface area contributed by atoms with Crippen LogP contribution in [0.3, 0.4) is 0 Å². The van der Waals surface area contributed by atoms with E-state index >= 15 is 0 Å². The van der Waals surface area contributed by atoms with Crippen LogP contribution in [0.5, 0.6) is 0 Å². The molecule has 4 nitrogen and oxygen atoms in total. The summed E-state index contributed by atoms with van der Waals surface area (Å²) in [6.07, 6.45) is 13.8. The quantitative estimate of drug-likeness (QED) is 0.298. The first-order chi connectivity index (χ1) is 16.7. The summed E-state index contributed by atoms with van der Waals surface area (Å²) >= 11 is 0. The monoisotopic (exact) mass is 498 g/mol. The zero-order valence-electron chi connectivity index (χ0n) is 24.1. The van der Waals surface area contributed by atoms with E-state index in [0.717, 1.165) is 57.8 Å². The molecule has 0 spiro atoms. The van der Waals surface area contributed by atoms with Gasteiger partial charge in [-0.25, -0.2) is 0 Å². The van der Waals surface area contributed by atoms with E-state index in [0.29, 0.717) is 11.8 Å². The normalized spacial score (nSPS) is 41.7. The van der Waals surface area contributed by atoms with Crippen LogP contribution >= 0.6 is 0 Å². The number of allylic oxidation sites excluding steroid dienone is 4. The van der Waals surface area contributed by atoms with Gasteiger partial charge in [-0.15, -0.1) is 0 Å². The number of rotatable bonds is 6. The number of carbonyl (C=O) groups excluding carboxylic acids is 1. The molecule has 0 aromatic heterocycles. The second-order valence-corrected chi connectivity index (χ2v) is 14.2. The molecule has 4 rings (SSSR count). The number of hydrogen-bond donors (Lipinski definition) is 1. The predicted molar refractivity (Wildman–Crippen MR) is 144 cm³/mol. The van der Waals surface area contributed by atoms with Crippen molar-refractivity contribution in [1.29, 1.82) is 0 Å². The van der Waals surface area contributed by atoms with Crippen LogP contribution in [-0.4, -0.2) is 23.1 Å². The summed E-state index contributed by atoms with van der Waals surface area (Å²) in [6.45, 7) is 17.8. The smallest absolute Gasteiger partial charge is 0.306 e. The zero-order valence-corrected chi connectivity index (χ0v) is 24.1. The van der Waals surface area contributed by atoms with Crippen molar-refractivity contribution in [1.82, 2.24) is 0 Å². The Kier molecular flexibility index (Phi) is 7.10. The minimum absolute atomic E-state index is 0.0135. The summed E-state index contributed by atoms with van der Waals surface area (Å²) < 4.78 is 5.83. The lowest BCUT2D eigenvalue weighted by molar-refractivity contribution is -0.175. The first-order valence-electron chi connectivity index (χ1n) is 14.4. The van der Waals surface area contributed by atoms with Crippen LogP contribution in [-0.2, 0) is 14.3 Å². The van der Waals surface area contributed by atoms with Crippen molar-refractivity contribution in [3.8, 4) is 0 Å². The number of hydrogen-bond acceptors (Lipinski definition) is 3. The molecule has 3 saturated carbocycles. The second-order valence-electron chi connectivity index (χ2n) is 14.2. The van der Waals surface area contributed by atoms with Gasteiger partial charge in [-0.05, 0) is 106 Å². The Hall–Kier alpha value is -1.58. The summed E-state index contributed by atoms with van der Waals surface area (Å²) in [6, 6.07) is 0. The Morgan fingerprint density at radius 3 is 2.36 bits per heavy atom. The molecule has 4 aliphatic rings. The summed E-state index contributed by atoms with van der Waals surface area (Å²) in [5.74, 6) is 0.213. The first-order valence-corrected chi connectivity index (χ1v) is 14.4. The molecule has 4 aliphatic carbocycles. The lowest BCUT2D eigenvalue weighted by atomic mass is 9.41. The predicted octanol–water partition coefficient (Wildman–Crippen LogP) is 7.97. The van der Waals surface area contributed by atoms with Gasteiger partial charge in [0.05, 0.1) is 5.92 Å². The van der Waals surface area contributed by atoms with Crippen molar-refractivity contribution < 1.29 is 19.4 Å². The molecule has 0 bridgehead atoms. The molecule has 4 heteroatoms. The van der Waals surface area contributed by atoms with Gasteiger partial charge in [-0.1, -0.05) is 57.9 Å². The van der Waals surface area contributed by atoms with E-state index < -0.39 is 5.97 Å². The third-order valence-corrected chi connectivity index (χ3v) is 12.0. The lowest BCUT2D eigenvalue weighted by Crippen LogP contribution is -2.58. The van der Waals surface area contributed by atoms with Gasteiger partial charge in [0.2, 0.25) is 0 Å². The largest absolute Gasteiger partial charge is 0.481 e. The van der Waals surface area contributed by atoms with Crippen LogP contribution < -0.4 is 0 Å². The van der Waals surface area contributed by atoms with Gasteiger partial charge >= 0.3 is 11.9 Å². The second kappa shape index (κ2) is 9.31. The molecule has 0 aromatic rings. The molecule has 0 aromatic carbocycles. The number of carboxylic acids is 1. The fourth-order valence-electron chi connectivity index (χ4n) is 9.83. The Morgan fingerprint density at radius 1 is 1.06 bits per heavy atom. The average Bonchev–Trinajstić information content (AvgIpc) is 3.04. The van der Waals surface area contributed by atoms with E-state index in [4.69, 9.17) is 4.74 Å². The zero-order chi connectivity index (χ0) is 26.7. The highest BCUT2D eigenvalue weighted by Gasteiger charge is 2.66. The van der Waals surface area contributed by atoms with Crippen molar-refractivity contribution in [3.05, 3.63) is 23.3 Å². The summed E-state index contributed by atoms with van der Waals surface area (Å²) in [7, 11) is 0. The van der Waals surface area contributed by atoms with Crippen molar-refractivity contribution in [2.45, 2.75) is 119 Å². The van der Waals surface area contributed by atoms with Gasteiger partial charge < -0.3 is 9.84 Å². The third kappa shape index (κ3) is 4.09. The van der Waals surface area contributed by atoms with Gasteiger partial charge in [0, 0.05) is 12.3 Å². The van der Waals surface area contributed by atoms with E-state index in [1.54, 1.807) is 5.57 Å². The van der Waals surface area contributed by atoms with Gasteiger partial charge in [-0.2, -0.15) is 0 Å². The van der Waals surface area contributed by atoms with E-state index in [9.17, 15) is 14.7 Å². The van der Waals surface area contributed by atoms with E-state index in [-0.39, 0.29) is 45.6 Å². The molecule has 36 heavy (non-hydrogen) atoms. The SMILES string of the molecule is CC(=O)O[C@@H]1CC[C@@]2(C)C(CC=C3[C@@H]2CC[C@@]2(C)[C@@H]([C@@H](CCC=C(C)C)C(=O)O)CC[C@]32C)C1(C)C. The molecular weight excluding hydrogens is 448 g/mol. The van der Waals surface area contributed by atoms with Crippen molar-refractivity contribution >= 4 is 11.9 Å². The summed E-state index contributed by atoms with van der Waals surface area (Å²) in [5, 5.41) is 10.3. The molecule has 3 fully saturated rings. The van der Waals surface area contributed by atoms with Gasteiger partial charge in [0.15, 0.2) is 0 Å². The summed E-state index contributed by atoms with van der Waals surface area (Å²) in [4.78, 5) is 24.3. The Bertz CT molecular complexity index is 955. The summed E-state index contributed by atoms with van der Waals surface area (Å²) in [5.41, 5.74) is 3.13. The Morgan fingerprint density at radius 2 is 1.75 bits per heavy atom.